The number of aromatic nitrogens is 1. The Hall–Kier alpha value is -1.09. The van der Waals surface area contributed by atoms with E-state index in [0.29, 0.717) is 0 Å². The Morgan fingerprint density at radius 3 is 2.78 bits per heavy atom. The molecule has 0 saturated carbocycles. The molecule has 0 saturated heterocycles. The number of nitrogens with zero attached hydrogens (tertiary/aromatic N) is 1. The van der Waals surface area contributed by atoms with Gasteiger partial charge >= 0.3 is 0 Å². The van der Waals surface area contributed by atoms with E-state index in [1.54, 1.807) is 0 Å². The Bertz CT molecular complexity index is 620. The Morgan fingerprint density at radius 2 is 2.00 bits per heavy atom. The van der Waals surface area contributed by atoms with Crippen molar-refractivity contribution >= 4 is 32.5 Å². The molecule has 1 aromatic carbocycles. The molecular weight excluding hydrogens is 288 g/mol. The summed E-state index contributed by atoms with van der Waals surface area (Å²) >= 11 is 3.59. The van der Waals surface area contributed by atoms with Gasteiger partial charge in [-0.1, -0.05) is 15.9 Å². The van der Waals surface area contributed by atoms with E-state index in [2.05, 4.69) is 40.3 Å². The van der Waals surface area contributed by atoms with Gasteiger partial charge in [0.2, 0.25) is 0 Å². The largest absolute Gasteiger partial charge is 0.387 e. The molecule has 18 heavy (non-hydrogen) atoms. The summed E-state index contributed by atoms with van der Waals surface area (Å²) in [6.45, 7) is 2.13. The fourth-order valence-corrected chi connectivity index (χ4v) is 3.51. The first-order chi connectivity index (χ1) is 8.70. The summed E-state index contributed by atoms with van der Waals surface area (Å²) in [5.41, 5.74) is 6.38. The van der Waals surface area contributed by atoms with Gasteiger partial charge < -0.3 is 5.32 Å². The number of halogens is 1. The maximum absolute atomic E-state index is 4.90. The monoisotopic (exact) mass is 304 g/mol. The topological polar surface area (TPSA) is 24.9 Å². The lowest BCUT2D eigenvalue weighted by Gasteiger charge is -2.21. The minimum Gasteiger partial charge on any atom is -0.387 e. The fourth-order valence-electron chi connectivity index (χ4n) is 2.94. The predicted octanol–water partition coefficient (Wildman–Crippen LogP) is 4.23. The van der Waals surface area contributed by atoms with Crippen LogP contribution in [0.15, 0.2) is 16.6 Å². The van der Waals surface area contributed by atoms with Crippen LogP contribution in [0.1, 0.15) is 29.7 Å². The Kier molecular flexibility index (Phi) is 3.02. The van der Waals surface area contributed by atoms with Gasteiger partial charge in [-0.2, -0.15) is 0 Å². The van der Waals surface area contributed by atoms with Crippen LogP contribution in [0, 0.1) is 6.92 Å². The van der Waals surface area contributed by atoms with Crippen molar-refractivity contribution < 1.29 is 0 Å². The molecule has 1 heterocycles. The molecule has 0 unspecified atom stereocenters. The second kappa shape index (κ2) is 4.54. The molecule has 0 fully saturated rings. The highest BCUT2D eigenvalue weighted by atomic mass is 79.9. The quantitative estimate of drug-likeness (QED) is 0.853. The standard InChI is InChI=1S/C15H17BrN2/c1-9-7-10(16)8-12-14(9)18-13-6-4-3-5-11(13)15(12)17-2/h7-8H,3-6H2,1-2H3,(H,17,18). The van der Waals surface area contributed by atoms with Crippen LogP contribution in [0.5, 0.6) is 0 Å². The van der Waals surface area contributed by atoms with Crippen molar-refractivity contribution in [2.24, 2.45) is 0 Å². The van der Waals surface area contributed by atoms with Crippen molar-refractivity contribution in [1.29, 1.82) is 0 Å². The summed E-state index contributed by atoms with van der Waals surface area (Å²) in [5.74, 6) is 0. The van der Waals surface area contributed by atoms with Crippen LogP contribution in [-0.4, -0.2) is 12.0 Å². The molecule has 0 atom stereocenters. The van der Waals surface area contributed by atoms with Crippen molar-refractivity contribution in [2.45, 2.75) is 32.6 Å². The second-order valence-corrected chi connectivity index (χ2v) is 5.90. The third-order valence-corrected chi connectivity index (χ3v) is 4.23. The summed E-state index contributed by atoms with van der Waals surface area (Å²) in [4.78, 5) is 4.90. The number of pyridine rings is 1. The number of fused-ring (bicyclic) bond motifs is 2. The van der Waals surface area contributed by atoms with Crippen LogP contribution in [0.3, 0.4) is 0 Å². The van der Waals surface area contributed by atoms with Crippen LogP contribution >= 0.6 is 15.9 Å². The molecule has 0 bridgehead atoms. The lowest BCUT2D eigenvalue weighted by atomic mass is 9.92. The molecule has 1 N–H and O–H groups in total. The zero-order chi connectivity index (χ0) is 12.7. The molecule has 1 aliphatic rings. The molecule has 3 heteroatoms. The van der Waals surface area contributed by atoms with Gasteiger partial charge in [0, 0.05) is 28.3 Å². The third kappa shape index (κ3) is 1.81. The zero-order valence-electron chi connectivity index (χ0n) is 10.8. The minimum atomic E-state index is 1.12. The first kappa shape index (κ1) is 12.0. The van der Waals surface area contributed by atoms with E-state index in [0.717, 1.165) is 22.8 Å². The first-order valence-electron chi connectivity index (χ1n) is 6.50. The smallest absolute Gasteiger partial charge is 0.0756 e. The lowest BCUT2D eigenvalue weighted by Crippen LogP contribution is -2.10. The summed E-state index contributed by atoms with van der Waals surface area (Å²) < 4.78 is 1.13. The van der Waals surface area contributed by atoms with Crippen LogP contribution in [0.4, 0.5) is 5.69 Å². The number of benzene rings is 1. The number of anilines is 1. The minimum absolute atomic E-state index is 1.12. The molecule has 3 rings (SSSR count). The Morgan fingerprint density at radius 1 is 1.22 bits per heavy atom. The summed E-state index contributed by atoms with van der Waals surface area (Å²) in [6.07, 6.45) is 4.82. The number of nitrogens with one attached hydrogen (secondary N) is 1. The Labute approximate surface area is 116 Å². The van der Waals surface area contributed by atoms with Gasteiger partial charge in [-0.05, 0) is 55.9 Å². The number of hydrogen-bond acceptors (Lipinski definition) is 2. The van der Waals surface area contributed by atoms with E-state index in [1.165, 1.54) is 40.7 Å². The molecule has 0 spiro atoms. The van der Waals surface area contributed by atoms with Gasteiger partial charge in [0.05, 0.1) is 5.52 Å². The summed E-state index contributed by atoms with van der Waals surface area (Å²) in [5, 5.41) is 4.63. The second-order valence-electron chi connectivity index (χ2n) is 4.99. The van der Waals surface area contributed by atoms with Crippen LogP contribution in [-0.2, 0) is 12.8 Å². The zero-order valence-corrected chi connectivity index (χ0v) is 12.4. The highest BCUT2D eigenvalue weighted by Crippen LogP contribution is 2.35. The summed E-state index contributed by atoms with van der Waals surface area (Å²) in [7, 11) is 2.01. The number of aryl methyl sites for hydroxylation is 2. The van der Waals surface area contributed by atoms with Gasteiger partial charge in [-0.3, -0.25) is 4.98 Å². The number of hydrogen-bond donors (Lipinski definition) is 1. The van der Waals surface area contributed by atoms with E-state index in [1.807, 2.05) is 7.05 Å². The van der Waals surface area contributed by atoms with E-state index in [9.17, 15) is 0 Å². The van der Waals surface area contributed by atoms with Crippen LogP contribution in [0.25, 0.3) is 10.9 Å². The van der Waals surface area contributed by atoms with Gasteiger partial charge in [-0.15, -0.1) is 0 Å². The van der Waals surface area contributed by atoms with Crippen molar-refractivity contribution in [3.05, 3.63) is 33.4 Å². The predicted molar refractivity (Wildman–Crippen MR) is 80.4 cm³/mol. The molecule has 0 amide bonds. The van der Waals surface area contributed by atoms with Crippen molar-refractivity contribution in [2.75, 3.05) is 12.4 Å². The lowest BCUT2D eigenvalue weighted by molar-refractivity contribution is 0.672. The van der Waals surface area contributed by atoms with E-state index in [-0.39, 0.29) is 0 Å². The van der Waals surface area contributed by atoms with Crippen molar-refractivity contribution in [3.8, 4) is 0 Å². The molecule has 1 aromatic heterocycles. The molecule has 0 aliphatic heterocycles. The highest BCUT2D eigenvalue weighted by Gasteiger charge is 2.18. The Balaban J connectivity index is 2.40. The fraction of sp³-hybridized carbons (Fsp3) is 0.400. The van der Waals surface area contributed by atoms with Crippen molar-refractivity contribution in [3.63, 3.8) is 0 Å². The van der Waals surface area contributed by atoms with Crippen molar-refractivity contribution in [1.82, 2.24) is 4.98 Å². The van der Waals surface area contributed by atoms with Gasteiger partial charge in [0.1, 0.15) is 0 Å². The molecule has 1 aliphatic carbocycles. The van der Waals surface area contributed by atoms with Gasteiger partial charge in [-0.25, -0.2) is 0 Å². The molecule has 0 radical (unpaired) electrons. The molecule has 94 valence electrons. The van der Waals surface area contributed by atoms with E-state index < -0.39 is 0 Å². The van der Waals surface area contributed by atoms with Gasteiger partial charge in [0.25, 0.3) is 0 Å². The van der Waals surface area contributed by atoms with Crippen LogP contribution in [0.2, 0.25) is 0 Å². The summed E-state index contributed by atoms with van der Waals surface area (Å²) in [6, 6.07) is 4.32. The van der Waals surface area contributed by atoms with E-state index in [4.69, 9.17) is 4.98 Å². The average molecular weight is 305 g/mol. The normalized spacial score (nSPS) is 14.6. The average Bonchev–Trinajstić information content (AvgIpc) is 2.36. The highest BCUT2D eigenvalue weighted by molar-refractivity contribution is 9.10. The number of rotatable bonds is 1. The maximum Gasteiger partial charge on any atom is 0.0756 e. The molecule has 2 nitrogen and oxygen atoms in total. The third-order valence-electron chi connectivity index (χ3n) is 3.77. The maximum atomic E-state index is 4.90. The SMILES string of the molecule is CNc1c2c(nc3c(C)cc(Br)cc13)CCCC2. The van der Waals surface area contributed by atoms with Gasteiger partial charge in [0.15, 0.2) is 0 Å². The molecule has 2 aromatic rings. The van der Waals surface area contributed by atoms with Crippen LogP contribution < -0.4 is 5.32 Å². The van der Waals surface area contributed by atoms with E-state index >= 15 is 0 Å². The first-order valence-corrected chi connectivity index (χ1v) is 7.29. The molecular formula is C15H17BrN2.